The molecule has 0 aliphatic carbocycles. The number of hydrogen-bond donors (Lipinski definition) is 1. The molecule has 0 unspecified atom stereocenters. The Balaban J connectivity index is 1.51. The van der Waals surface area contributed by atoms with Gasteiger partial charge < -0.3 is 10.2 Å². The first-order valence-electron chi connectivity index (χ1n) is 8.03. The van der Waals surface area contributed by atoms with Crippen LogP contribution in [-0.4, -0.2) is 65.6 Å². The number of fused-ring (bicyclic) bond motifs is 1. The van der Waals surface area contributed by atoms with Crippen molar-refractivity contribution in [2.75, 3.05) is 43.0 Å². The molecule has 1 fully saturated rings. The lowest BCUT2D eigenvalue weighted by Crippen LogP contribution is -2.41. The molecule has 2 aromatic heterocycles. The van der Waals surface area contributed by atoms with E-state index in [9.17, 15) is 13.2 Å². The Morgan fingerprint density at radius 2 is 2.08 bits per heavy atom. The molecule has 0 spiro atoms. The molecule has 10 heteroatoms. The van der Waals surface area contributed by atoms with Gasteiger partial charge in [0.1, 0.15) is 0 Å². The van der Waals surface area contributed by atoms with Gasteiger partial charge in [-0.1, -0.05) is 18.3 Å². The lowest BCUT2D eigenvalue weighted by Gasteiger charge is -2.26. The third-order valence-corrected chi connectivity index (χ3v) is 6.50. The molecule has 1 saturated heterocycles. The largest absolute Gasteiger partial charge is 0.360 e. The molecule has 0 amide bonds. The molecule has 0 atom stereocenters. The lowest BCUT2D eigenvalue weighted by molar-refractivity contribution is 0.295. The summed E-state index contributed by atoms with van der Waals surface area (Å²) in [5, 5.41) is 8.14. The summed E-state index contributed by atoms with van der Waals surface area (Å²) in [5.41, 5.74) is 0.617. The van der Waals surface area contributed by atoms with Gasteiger partial charge in [0.05, 0.1) is 11.5 Å². The molecule has 8 nitrogen and oxygen atoms in total. The summed E-state index contributed by atoms with van der Waals surface area (Å²) in [6.45, 7) is 4.76. The second-order valence-electron chi connectivity index (χ2n) is 5.81. The average Bonchev–Trinajstić information content (AvgIpc) is 2.96. The summed E-state index contributed by atoms with van der Waals surface area (Å²) in [6, 6.07) is 1.51. The van der Waals surface area contributed by atoms with E-state index in [-0.39, 0.29) is 17.1 Å². The van der Waals surface area contributed by atoms with Crippen molar-refractivity contribution in [3.63, 3.8) is 0 Å². The maximum atomic E-state index is 11.9. The van der Waals surface area contributed by atoms with Crippen molar-refractivity contribution in [1.29, 1.82) is 0 Å². The summed E-state index contributed by atoms with van der Waals surface area (Å²) in [6.07, 6.45) is 1.61. The van der Waals surface area contributed by atoms with Gasteiger partial charge in [-0.25, -0.2) is 13.4 Å². The summed E-state index contributed by atoms with van der Waals surface area (Å²) in [4.78, 5) is 19.1. The minimum absolute atomic E-state index is 0.157. The molecule has 132 valence electrons. The highest BCUT2D eigenvalue weighted by atomic mass is 32.2. The Morgan fingerprint density at radius 1 is 1.33 bits per heavy atom. The number of anilines is 1. The predicted octanol–water partition coefficient (Wildman–Crippen LogP) is 0.246. The second kappa shape index (κ2) is 7.16. The molecule has 1 aliphatic heterocycles. The van der Waals surface area contributed by atoms with Crippen LogP contribution in [0.15, 0.2) is 10.9 Å². The van der Waals surface area contributed by atoms with E-state index in [0.717, 1.165) is 31.6 Å². The van der Waals surface area contributed by atoms with Crippen molar-refractivity contribution in [1.82, 2.24) is 19.5 Å². The molecule has 0 radical (unpaired) electrons. The first-order chi connectivity index (χ1) is 11.5. The fourth-order valence-electron chi connectivity index (χ4n) is 2.58. The van der Waals surface area contributed by atoms with Gasteiger partial charge in [-0.3, -0.25) is 4.79 Å². The number of aromatic nitrogens is 3. The van der Waals surface area contributed by atoms with Crippen molar-refractivity contribution >= 4 is 31.3 Å². The van der Waals surface area contributed by atoms with E-state index in [2.05, 4.69) is 20.3 Å². The Bertz CT molecular complexity index is 860. The van der Waals surface area contributed by atoms with Crippen molar-refractivity contribution in [2.24, 2.45) is 0 Å². The first kappa shape index (κ1) is 17.3. The zero-order valence-electron chi connectivity index (χ0n) is 13.6. The minimum atomic E-state index is -2.82. The number of nitrogens with zero attached hydrogens (tertiary/aromatic N) is 4. The maximum absolute atomic E-state index is 11.9. The number of aryl methyl sites for hydroxylation is 1. The average molecular weight is 371 g/mol. The van der Waals surface area contributed by atoms with Crippen LogP contribution in [-0.2, 0) is 16.3 Å². The summed E-state index contributed by atoms with van der Waals surface area (Å²) in [5.74, 6) is 0.513. The van der Waals surface area contributed by atoms with E-state index in [1.807, 2.05) is 6.92 Å². The Labute approximate surface area is 144 Å². The van der Waals surface area contributed by atoms with Crippen molar-refractivity contribution in [3.05, 3.63) is 22.1 Å². The van der Waals surface area contributed by atoms with Crippen molar-refractivity contribution in [2.45, 2.75) is 19.8 Å². The van der Waals surface area contributed by atoms with Crippen molar-refractivity contribution < 1.29 is 8.42 Å². The fraction of sp³-hybridized carbons (Fsp3) is 0.643. The highest BCUT2D eigenvalue weighted by Crippen LogP contribution is 2.16. The number of hydrogen-bond acceptors (Lipinski definition) is 8. The lowest BCUT2D eigenvalue weighted by atomic mass is 10.3. The third kappa shape index (κ3) is 4.11. The molecule has 0 aromatic carbocycles. The second-order valence-corrected chi connectivity index (χ2v) is 9.07. The Morgan fingerprint density at radius 3 is 2.79 bits per heavy atom. The number of rotatable bonds is 6. The topological polar surface area (TPSA) is 96.7 Å². The zero-order chi connectivity index (χ0) is 17.2. The van der Waals surface area contributed by atoms with Gasteiger partial charge >= 0.3 is 0 Å². The van der Waals surface area contributed by atoms with Gasteiger partial charge in [0.15, 0.2) is 9.84 Å². The predicted molar refractivity (Wildman–Crippen MR) is 94.7 cm³/mol. The molecule has 0 bridgehead atoms. The standard InChI is InChI=1S/C14H21N5O3S2/c1-2-11-10-12(20)19-14(16-11)23-13(17-19)15-4-3-5-18-6-8-24(21,22)9-7-18/h10H,2-9H2,1H3,(H,15,17). The van der Waals surface area contributed by atoms with Gasteiger partial charge in [-0.15, -0.1) is 5.10 Å². The van der Waals surface area contributed by atoms with Gasteiger partial charge in [0.25, 0.3) is 5.56 Å². The van der Waals surface area contributed by atoms with E-state index < -0.39 is 9.84 Å². The molecule has 0 saturated carbocycles. The summed E-state index contributed by atoms with van der Waals surface area (Å²) in [7, 11) is -2.82. The van der Waals surface area contributed by atoms with Crippen LogP contribution in [0.4, 0.5) is 5.13 Å². The van der Waals surface area contributed by atoms with Gasteiger partial charge in [-0.2, -0.15) is 4.52 Å². The van der Waals surface area contributed by atoms with Crippen LogP contribution in [0.1, 0.15) is 19.0 Å². The Kier molecular flexibility index (Phi) is 5.16. The van der Waals surface area contributed by atoms with Crippen molar-refractivity contribution in [3.8, 4) is 0 Å². The molecule has 2 aromatic rings. The highest BCUT2D eigenvalue weighted by Gasteiger charge is 2.20. The maximum Gasteiger partial charge on any atom is 0.275 e. The molecule has 1 aliphatic rings. The van der Waals surface area contributed by atoms with Gasteiger partial charge in [-0.05, 0) is 19.4 Å². The van der Waals surface area contributed by atoms with Crippen LogP contribution in [0, 0.1) is 0 Å². The normalized spacial score (nSPS) is 18.0. The van der Waals surface area contributed by atoms with Crippen LogP contribution in [0.3, 0.4) is 0 Å². The highest BCUT2D eigenvalue weighted by molar-refractivity contribution is 7.91. The quantitative estimate of drug-likeness (QED) is 0.727. The van der Waals surface area contributed by atoms with Crippen LogP contribution >= 0.6 is 11.3 Å². The minimum Gasteiger partial charge on any atom is -0.360 e. The molecule has 1 N–H and O–H groups in total. The fourth-order valence-corrected chi connectivity index (χ4v) is 4.71. The van der Waals surface area contributed by atoms with E-state index in [4.69, 9.17) is 0 Å². The van der Waals surface area contributed by atoms with Gasteiger partial charge in [0, 0.05) is 31.4 Å². The van der Waals surface area contributed by atoms with Crippen LogP contribution in [0.2, 0.25) is 0 Å². The molecule has 3 rings (SSSR count). The molecule has 24 heavy (non-hydrogen) atoms. The monoisotopic (exact) mass is 371 g/mol. The summed E-state index contributed by atoms with van der Waals surface area (Å²) >= 11 is 1.36. The van der Waals surface area contributed by atoms with Crippen LogP contribution in [0.25, 0.3) is 4.96 Å². The SMILES string of the molecule is CCc1cc(=O)n2nc(NCCCN3CCS(=O)(=O)CC3)sc2n1. The molecular weight excluding hydrogens is 350 g/mol. The summed E-state index contributed by atoms with van der Waals surface area (Å²) < 4.78 is 24.1. The third-order valence-electron chi connectivity index (χ3n) is 4.02. The zero-order valence-corrected chi connectivity index (χ0v) is 15.2. The number of nitrogens with one attached hydrogen (secondary N) is 1. The van der Waals surface area contributed by atoms with E-state index in [0.29, 0.717) is 23.2 Å². The number of sulfone groups is 1. The van der Waals surface area contributed by atoms with E-state index in [1.165, 1.54) is 21.9 Å². The van der Waals surface area contributed by atoms with Crippen LogP contribution in [0.5, 0.6) is 0 Å². The van der Waals surface area contributed by atoms with Crippen LogP contribution < -0.4 is 10.9 Å². The Hall–Kier alpha value is -1.52. The van der Waals surface area contributed by atoms with E-state index >= 15 is 0 Å². The van der Waals surface area contributed by atoms with Gasteiger partial charge in [0.2, 0.25) is 10.1 Å². The molecular formula is C14H21N5O3S2. The molecule has 3 heterocycles. The van der Waals surface area contributed by atoms with E-state index in [1.54, 1.807) is 0 Å². The smallest absolute Gasteiger partial charge is 0.275 e. The first-order valence-corrected chi connectivity index (χ1v) is 10.7.